The molecular weight excluding hydrogens is 348 g/mol. The van der Waals surface area contributed by atoms with Gasteiger partial charge in [-0.1, -0.05) is 33.1 Å². The molecule has 0 atom stereocenters. The molecule has 1 fully saturated rings. The van der Waals surface area contributed by atoms with Gasteiger partial charge < -0.3 is 11.1 Å². The van der Waals surface area contributed by atoms with Gasteiger partial charge in [0.2, 0.25) is 0 Å². The lowest BCUT2D eigenvalue weighted by Gasteiger charge is -2.30. The molecule has 1 aromatic heterocycles. The van der Waals surface area contributed by atoms with Crippen molar-refractivity contribution in [2.24, 2.45) is 11.1 Å². The Balaban J connectivity index is 1.73. The Morgan fingerprint density at radius 3 is 2.71 bits per heavy atom. The van der Waals surface area contributed by atoms with Gasteiger partial charge >= 0.3 is 0 Å². The Morgan fingerprint density at radius 1 is 1.25 bits per heavy atom. The van der Waals surface area contributed by atoms with Crippen molar-refractivity contribution in [2.75, 3.05) is 5.32 Å². The van der Waals surface area contributed by atoms with E-state index in [0.29, 0.717) is 11.6 Å². The van der Waals surface area contributed by atoms with E-state index >= 15 is 0 Å². The number of fused-ring (bicyclic) bond motifs is 1. The topological polar surface area (TPSA) is 72.9 Å². The zero-order valence-electron chi connectivity index (χ0n) is 17.3. The molecule has 0 saturated heterocycles. The van der Waals surface area contributed by atoms with E-state index in [4.69, 9.17) is 10.8 Å². The number of carbonyl (C=O) groups excluding carboxylic acids is 1. The van der Waals surface area contributed by atoms with Crippen LogP contribution in [0.3, 0.4) is 0 Å². The Morgan fingerprint density at radius 2 is 2.00 bits per heavy atom. The number of nitrogens with two attached hydrogens (primary N) is 1. The highest BCUT2D eigenvalue weighted by molar-refractivity contribution is 5.99. The minimum atomic E-state index is -0.385. The van der Waals surface area contributed by atoms with Crippen LogP contribution >= 0.6 is 0 Å². The average Bonchev–Trinajstić information content (AvgIpc) is 2.97. The number of primary amides is 1. The second kappa shape index (κ2) is 7.26. The maximum Gasteiger partial charge on any atom is 0.250 e. The summed E-state index contributed by atoms with van der Waals surface area (Å²) < 4.78 is 2.09. The fraction of sp³-hybridized carbons (Fsp3) is 0.565. The SMILES string of the molecule is Cc1nn(-c2ccc(C(N)=O)c(NC3CCCCC3)c2)c2c1CCC(C)(C)C2. The van der Waals surface area contributed by atoms with Crippen molar-refractivity contribution in [2.45, 2.75) is 78.2 Å². The number of rotatable bonds is 4. The second-order valence-electron chi connectivity index (χ2n) is 9.34. The van der Waals surface area contributed by atoms with Gasteiger partial charge in [-0.25, -0.2) is 4.68 Å². The highest BCUT2D eigenvalue weighted by Gasteiger charge is 2.30. The number of carbonyl (C=O) groups is 1. The first-order chi connectivity index (χ1) is 13.3. The van der Waals surface area contributed by atoms with Crippen LogP contribution in [0.15, 0.2) is 18.2 Å². The van der Waals surface area contributed by atoms with E-state index in [1.165, 1.54) is 36.9 Å². The Bertz CT molecular complexity index is 890. The summed E-state index contributed by atoms with van der Waals surface area (Å²) in [5, 5.41) is 8.47. The lowest BCUT2D eigenvalue weighted by molar-refractivity contribution is 0.100. The van der Waals surface area contributed by atoms with E-state index in [-0.39, 0.29) is 11.3 Å². The number of aromatic nitrogens is 2. The highest BCUT2D eigenvalue weighted by Crippen LogP contribution is 2.37. The van der Waals surface area contributed by atoms with Gasteiger partial charge in [0.1, 0.15) is 0 Å². The second-order valence-corrected chi connectivity index (χ2v) is 9.34. The number of hydrogen-bond acceptors (Lipinski definition) is 3. The zero-order valence-corrected chi connectivity index (χ0v) is 17.3. The van der Waals surface area contributed by atoms with Crippen LogP contribution < -0.4 is 11.1 Å². The van der Waals surface area contributed by atoms with E-state index in [0.717, 1.165) is 42.8 Å². The van der Waals surface area contributed by atoms with E-state index in [1.807, 2.05) is 12.1 Å². The minimum absolute atomic E-state index is 0.285. The number of nitrogens with zero attached hydrogens (tertiary/aromatic N) is 2. The Hall–Kier alpha value is -2.30. The largest absolute Gasteiger partial charge is 0.382 e. The van der Waals surface area contributed by atoms with Crippen molar-refractivity contribution in [3.63, 3.8) is 0 Å². The first-order valence-electron chi connectivity index (χ1n) is 10.6. The maximum absolute atomic E-state index is 12.0. The van der Waals surface area contributed by atoms with Crippen LogP contribution in [0.1, 0.15) is 79.7 Å². The number of hydrogen-bond donors (Lipinski definition) is 2. The summed E-state index contributed by atoms with van der Waals surface area (Å²) in [7, 11) is 0. The number of amides is 1. The standard InChI is InChI=1S/C23H32N4O/c1-15-18-11-12-23(2,3)14-21(18)27(26-15)17-9-10-19(22(24)28)20(13-17)25-16-7-5-4-6-8-16/h9-10,13,16,25H,4-8,11-12,14H2,1-3H3,(H2,24,28). The molecule has 2 aliphatic rings. The summed E-state index contributed by atoms with van der Waals surface area (Å²) in [4.78, 5) is 12.0. The molecule has 5 nitrogen and oxygen atoms in total. The summed E-state index contributed by atoms with van der Waals surface area (Å²) in [5.41, 5.74) is 12.2. The fourth-order valence-electron chi connectivity index (χ4n) is 4.80. The van der Waals surface area contributed by atoms with Crippen molar-refractivity contribution < 1.29 is 4.79 Å². The molecule has 1 heterocycles. The summed E-state index contributed by atoms with van der Waals surface area (Å²) in [5.74, 6) is -0.385. The van der Waals surface area contributed by atoms with Crippen LogP contribution in [0, 0.1) is 12.3 Å². The van der Waals surface area contributed by atoms with E-state index in [9.17, 15) is 4.79 Å². The molecule has 1 saturated carbocycles. The third-order valence-corrected chi connectivity index (χ3v) is 6.47. The predicted octanol–water partition coefficient (Wildman–Crippen LogP) is 4.54. The quantitative estimate of drug-likeness (QED) is 0.818. The molecule has 2 aromatic rings. The van der Waals surface area contributed by atoms with E-state index in [1.54, 1.807) is 0 Å². The first kappa shape index (κ1) is 19.0. The molecule has 0 unspecified atom stereocenters. The van der Waals surface area contributed by atoms with Crippen LogP contribution in [0.2, 0.25) is 0 Å². The van der Waals surface area contributed by atoms with Gasteiger partial charge in [-0.15, -0.1) is 0 Å². The predicted molar refractivity (Wildman–Crippen MR) is 113 cm³/mol. The third-order valence-electron chi connectivity index (χ3n) is 6.47. The van der Waals surface area contributed by atoms with Crippen LogP contribution in [0.4, 0.5) is 5.69 Å². The van der Waals surface area contributed by atoms with Crippen molar-refractivity contribution in [1.82, 2.24) is 9.78 Å². The van der Waals surface area contributed by atoms with Crippen molar-refractivity contribution in [3.8, 4) is 5.69 Å². The van der Waals surface area contributed by atoms with Gasteiger partial charge in [-0.3, -0.25) is 4.79 Å². The molecule has 4 rings (SSSR count). The van der Waals surface area contributed by atoms with Gasteiger partial charge in [-0.2, -0.15) is 5.10 Å². The molecule has 28 heavy (non-hydrogen) atoms. The number of benzene rings is 1. The van der Waals surface area contributed by atoms with Gasteiger partial charge in [0, 0.05) is 17.4 Å². The van der Waals surface area contributed by atoms with Crippen molar-refractivity contribution in [1.29, 1.82) is 0 Å². The fourth-order valence-corrected chi connectivity index (χ4v) is 4.80. The van der Waals surface area contributed by atoms with Gasteiger partial charge in [-0.05, 0) is 68.2 Å². The van der Waals surface area contributed by atoms with E-state index < -0.39 is 0 Å². The van der Waals surface area contributed by atoms with Crippen LogP contribution in [-0.2, 0) is 12.8 Å². The van der Waals surface area contributed by atoms with Gasteiger partial charge in [0.05, 0.1) is 16.9 Å². The monoisotopic (exact) mass is 380 g/mol. The summed E-state index contributed by atoms with van der Waals surface area (Å²) >= 11 is 0. The molecule has 2 aliphatic carbocycles. The molecule has 150 valence electrons. The van der Waals surface area contributed by atoms with Crippen molar-refractivity contribution >= 4 is 11.6 Å². The Kier molecular flexibility index (Phi) is 4.94. The molecule has 1 aromatic carbocycles. The third kappa shape index (κ3) is 3.67. The number of aryl methyl sites for hydroxylation is 1. The molecule has 0 radical (unpaired) electrons. The summed E-state index contributed by atoms with van der Waals surface area (Å²) in [6.45, 7) is 6.76. The van der Waals surface area contributed by atoms with Crippen LogP contribution in [0.5, 0.6) is 0 Å². The van der Waals surface area contributed by atoms with Crippen LogP contribution in [0.25, 0.3) is 5.69 Å². The summed E-state index contributed by atoms with van der Waals surface area (Å²) in [6, 6.07) is 6.29. The average molecular weight is 381 g/mol. The lowest BCUT2D eigenvalue weighted by Crippen LogP contribution is -2.25. The number of nitrogens with one attached hydrogen (secondary N) is 1. The molecule has 1 amide bonds. The molecule has 0 aliphatic heterocycles. The first-order valence-corrected chi connectivity index (χ1v) is 10.6. The van der Waals surface area contributed by atoms with Gasteiger partial charge in [0.15, 0.2) is 0 Å². The van der Waals surface area contributed by atoms with Crippen molar-refractivity contribution in [3.05, 3.63) is 40.7 Å². The summed E-state index contributed by atoms with van der Waals surface area (Å²) in [6.07, 6.45) is 9.37. The smallest absolute Gasteiger partial charge is 0.250 e. The maximum atomic E-state index is 12.0. The molecule has 0 spiro atoms. The molecular formula is C23H32N4O. The molecule has 0 bridgehead atoms. The molecule has 3 N–H and O–H groups in total. The highest BCUT2D eigenvalue weighted by atomic mass is 16.1. The van der Waals surface area contributed by atoms with Gasteiger partial charge in [0.25, 0.3) is 5.91 Å². The zero-order chi connectivity index (χ0) is 19.9. The number of anilines is 1. The van der Waals surface area contributed by atoms with E-state index in [2.05, 4.69) is 36.8 Å². The lowest BCUT2D eigenvalue weighted by atomic mass is 9.76. The Labute approximate surface area is 167 Å². The van der Waals surface area contributed by atoms with Crippen LogP contribution in [-0.4, -0.2) is 21.7 Å². The molecule has 5 heteroatoms. The normalized spacial score (nSPS) is 19.2. The minimum Gasteiger partial charge on any atom is -0.382 e.